The van der Waals surface area contributed by atoms with Crippen molar-refractivity contribution >= 4 is 5.97 Å². The molecule has 0 aromatic rings. The SMILES string of the molecule is CC(=O)OC1CCC2(C)C(CCC3(C)C2CCC24CC32CCC2(C)CCC(C)C(C)C24)C1(C)C. The molecule has 0 aromatic heterocycles. The lowest BCUT2D eigenvalue weighted by atomic mass is 9.35. The second-order valence-corrected chi connectivity index (χ2v) is 16.0. The molecule has 0 aromatic carbocycles. The fourth-order valence-corrected chi connectivity index (χ4v) is 13.2. The van der Waals surface area contributed by atoms with Crippen LogP contribution in [-0.4, -0.2) is 12.1 Å². The van der Waals surface area contributed by atoms with Gasteiger partial charge in [0.25, 0.3) is 0 Å². The van der Waals surface area contributed by atoms with Gasteiger partial charge in [-0.2, -0.15) is 0 Å². The summed E-state index contributed by atoms with van der Waals surface area (Å²) >= 11 is 0. The average molecular weight is 469 g/mol. The molecule has 11 unspecified atom stereocenters. The van der Waals surface area contributed by atoms with Gasteiger partial charge in [-0.3, -0.25) is 4.79 Å². The zero-order chi connectivity index (χ0) is 24.5. The Hall–Kier alpha value is -0.530. The number of ether oxygens (including phenoxy) is 1. The largest absolute Gasteiger partial charge is 0.462 e. The maximum atomic E-state index is 11.9. The first-order chi connectivity index (χ1) is 15.8. The number of fused-ring (bicyclic) bond motifs is 4. The van der Waals surface area contributed by atoms with E-state index in [1.807, 2.05) is 0 Å². The van der Waals surface area contributed by atoms with Crippen molar-refractivity contribution in [2.24, 2.45) is 62.1 Å². The monoisotopic (exact) mass is 468 g/mol. The van der Waals surface area contributed by atoms with Crippen LogP contribution < -0.4 is 0 Å². The fourth-order valence-electron chi connectivity index (χ4n) is 13.2. The van der Waals surface area contributed by atoms with Gasteiger partial charge in [-0.15, -0.1) is 0 Å². The second-order valence-electron chi connectivity index (χ2n) is 16.0. The zero-order valence-corrected chi connectivity index (χ0v) is 23.6. The summed E-state index contributed by atoms with van der Waals surface area (Å²) in [6.07, 6.45) is 15.6. The van der Waals surface area contributed by atoms with Crippen LogP contribution in [0.1, 0.15) is 126 Å². The van der Waals surface area contributed by atoms with Crippen LogP contribution in [0.3, 0.4) is 0 Å². The van der Waals surface area contributed by atoms with Gasteiger partial charge in [-0.05, 0) is 127 Å². The summed E-state index contributed by atoms with van der Waals surface area (Å²) < 4.78 is 5.93. The molecule has 0 radical (unpaired) electrons. The summed E-state index contributed by atoms with van der Waals surface area (Å²) in [6.45, 7) is 19.8. The third kappa shape index (κ3) is 2.58. The van der Waals surface area contributed by atoms with Crippen molar-refractivity contribution < 1.29 is 9.53 Å². The molecule has 0 heterocycles. The van der Waals surface area contributed by atoms with Gasteiger partial charge in [0.2, 0.25) is 0 Å². The molecular formula is C32H52O2. The minimum atomic E-state index is -0.0947. The van der Waals surface area contributed by atoms with Crippen molar-refractivity contribution in [2.45, 2.75) is 132 Å². The summed E-state index contributed by atoms with van der Waals surface area (Å²) in [5, 5.41) is 0. The molecule has 0 amide bonds. The molecule has 11 atom stereocenters. The van der Waals surface area contributed by atoms with Crippen LogP contribution in [0.5, 0.6) is 0 Å². The Labute approximate surface area is 209 Å². The second kappa shape index (κ2) is 6.86. The van der Waals surface area contributed by atoms with Crippen LogP contribution >= 0.6 is 0 Å². The Bertz CT molecular complexity index is 891. The summed E-state index contributed by atoms with van der Waals surface area (Å²) in [5.41, 5.74) is 2.83. The molecule has 0 bridgehead atoms. The minimum Gasteiger partial charge on any atom is -0.462 e. The van der Waals surface area contributed by atoms with E-state index in [1.54, 1.807) is 13.3 Å². The molecule has 0 saturated heterocycles. The van der Waals surface area contributed by atoms with Crippen LogP contribution in [0.2, 0.25) is 0 Å². The predicted molar refractivity (Wildman–Crippen MR) is 138 cm³/mol. The van der Waals surface area contributed by atoms with Crippen molar-refractivity contribution in [2.75, 3.05) is 0 Å². The minimum absolute atomic E-state index is 0.0776. The third-order valence-electron chi connectivity index (χ3n) is 14.8. The Morgan fingerprint density at radius 2 is 1.50 bits per heavy atom. The lowest BCUT2D eigenvalue weighted by Gasteiger charge is -2.70. The van der Waals surface area contributed by atoms with Gasteiger partial charge in [0, 0.05) is 12.3 Å². The number of rotatable bonds is 1. The van der Waals surface area contributed by atoms with E-state index in [9.17, 15) is 4.79 Å². The highest BCUT2D eigenvalue weighted by Crippen LogP contribution is 2.91. The van der Waals surface area contributed by atoms with Gasteiger partial charge in [-0.1, -0.05) is 48.5 Å². The number of hydrogen-bond acceptors (Lipinski definition) is 2. The Morgan fingerprint density at radius 3 is 2.21 bits per heavy atom. The predicted octanol–water partition coefficient (Wildman–Crippen LogP) is 8.43. The van der Waals surface area contributed by atoms with Crippen LogP contribution in [0.25, 0.3) is 0 Å². The van der Waals surface area contributed by atoms with E-state index in [4.69, 9.17) is 4.74 Å². The van der Waals surface area contributed by atoms with Gasteiger partial charge in [-0.25, -0.2) is 0 Å². The number of esters is 1. The van der Waals surface area contributed by atoms with Crippen molar-refractivity contribution in [3.05, 3.63) is 0 Å². The molecule has 0 N–H and O–H groups in total. The highest BCUT2D eigenvalue weighted by atomic mass is 16.5. The highest BCUT2D eigenvalue weighted by Gasteiger charge is 2.84. The van der Waals surface area contributed by atoms with Crippen molar-refractivity contribution in [3.63, 3.8) is 0 Å². The molecule has 34 heavy (non-hydrogen) atoms. The maximum Gasteiger partial charge on any atom is 0.302 e. The van der Waals surface area contributed by atoms with Gasteiger partial charge in [0.15, 0.2) is 0 Å². The normalized spacial score (nSPS) is 59.4. The number of hydrogen-bond donors (Lipinski definition) is 0. The van der Waals surface area contributed by atoms with Crippen LogP contribution in [0.15, 0.2) is 0 Å². The standard InChI is InChI=1S/C32H52O2/c1-20-9-13-28(6)17-18-32-19-31(32,26(28)21(20)2)16-11-24-29(7)14-12-25(34-22(3)33)27(4,5)23(29)10-15-30(24,32)8/h20-21,23-26H,9-19H2,1-8H3. The topological polar surface area (TPSA) is 26.3 Å². The van der Waals surface area contributed by atoms with E-state index in [2.05, 4.69) is 48.5 Å². The first-order valence-electron chi connectivity index (χ1n) is 14.9. The third-order valence-corrected chi connectivity index (χ3v) is 14.8. The summed E-state index contributed by atoms with van der Waals surface area (Å²) in [6, 6.07) is 0. The van der Waals surface area contributed by atoms with Gasteiger partial charge in [0.05, 0.1) is 0 Å². The summed E-state index contributed by atoms with van der Waals surface area (Å²) in [4.78, 5) is 11.9. The first-order valence-corrected chi connectivity index (χ1v) is 14.9. The quantitative estimate of drug-likeness (QED) is 0.361. The molecule has 6 aliphatic rings. The molecule has 6 aliphatic carbocycles. The molecule has 0 aliphatic heterocycles. The molecule has 6 saturated carbocycles. The molecule has 2 heteroatoms. The molecule has 192 valence electrons. The smallest absolute Gasteiger partial charge is 0.302 e. The lowest BCUT2D eigenvalue weighted by molar-refractivity contribution is -0.228. The summed E-state index contributed by atoms with van der Waals surface area (Å²) in [7, 11) is 0. The molecule has 6 rings (SSSR count). The Balaban J connectivity index is 1.36. The van der Waals surface area contributed by atoms with Gasteiger partial charge in [0.1, 0.15) is 6.10 Å². The Kier molecular flexibility index (Phi) is 4.81. The van der Waals surface area contributed by atoms with Crippen LogP contribution in [0, 0.1) is 62.1 Å². The average Bonchev–Trinajstić information content (AvgIpc) is 3.44. The highest BCUT2D eigenvalue weighted by molar-refractivity contribution is 5.66. The number of carbonyl (C=O) groups is 1. The molecule has 2 nitrogen and oxygen atoms in total. The Morgan fingerprint density at radius 1 is 0.794 bits per heavy atom. The number of carbonyl (C=O) groups excluding carboxylic acids is 1. The van der Waals surface area contributed by atoms with Crippen molar-refractivity contribution in [1.82, 2.24) is 0 Å². The van der Waals surface area contributed by atoms with E-state index in [-0.39, 0.29) is 17.5 Å². The van der Waals surface area contributed by atoms with E-state index in [0.717, 1.165) is 30.1 Å². The van der Waals surface area contributed by atoms with Gasteiger partial charge >= 0.3 is 5.97 Å². The first kappa shape index (κ1) is 23.8. The van der Waals surface area contributed by atoms with E-state index in [1.165, 1.54) is 57.8 Å². The maximum absolute atomic E-state index is 11.9. The van der Waals surface area contributed by atoms with Crippen LogP contribution in [-0.2, 0) is 9.53 Å². The van der Waals surface area contributed by atoms with E-state index >= 15 is 0 Å². The van der Waals surface area contributed by atoms with Crippen molar-refractivity contribution in [3.8, 4) is 0 Å². The molecular weight excluding hydrogens is 416 g/mol. The zero-order valence-electron chi connectivity index (χ0n) is 23.6. The van der Waals surface area contributed by atoms with E-state index in [0.29, 0.717) is 33.0 Å². The van der Waals surface area contributed by atoms with Crippen LogP contribution in [0.4, 0.5) is 0 Å². The van der Waals surface area contributed by atoms with Gasteiger partial charge < -0.3 is 4.74 Å². The fraction of sp³-hybridized carbons (Fsp3) is 0.969. The summed E-state index contributed by atoms with van der Waals surface area (Å²) in [5.74, 6) is 4.17. The molecule has 6 fully saturated rings. The molecule has 0 spiro atoms. The van der Waals surface area contributed by atoms with Crippen molar-refractivity contribution in [1.29, 1.82) is 0 Å². The van der Waals surface area contributed by atoms with E-state index < -0.39 is 0 Å². The lowest BCUT2D eigenvalue weighted by Crippen LogP contribution is -2.64.